The van der Waals surface area contributed by atoms with E-state index in [1.54, 1.807) is 49.3 Å². The molecule has 3 aliphatic rings. The summed E-state index contributed by atoms with van der Waals surface area (Å²) in [7, 11) is 1.57. The highest BCUT2D eigenvalue weighted by Gasteiger charge is 2.79. The molecule has 0 radical (unpaired) electrons. The minimum Gasteiger partial charge on any atom is -0.497 e. The number of carbonyl (C=O) groups is 3. The van der Waals surface area contributed by atoms with Crippen LogP contribution in [-0.2, 0) is 23.9 Å². The van der Waals surface area contributed by atoms with Crippen LogP contribution in [0.3, 0.4) is 0 Å². The third-order valence-electron chi connectivity index (χ3n) is 8.26. The lowest BCUT2D eigenvalue weighted by molar-refractivity contribution is -0.160. The molecule has 1 aromatic carbocycles. The van der Waals surface area contributed by atoms with Gasteiger partial charge < -0.3 is 29.1 Å². The van der Waals surface area contributed by atoms with Gasteiger partial charge in [0.05, 0.1) is 37.9 Å². The lowest BCUT2D eigenvalue weighted by Gasteiger charge is -2.40. The zero-order valence-corrected chi connectivity index (χ0v) is 22.3. The van der Waals surface area contributed by atoms with Crippen molar-refractivity contribution in [3.63, 3.8) is 0 Å². The number of aliphatic hydroxyl groups excluding tert-OH is 1. The number of carbonyl (C=O) groups excluding carboxylic acids is 3. The highest BCUT2D eigenvalue weighted by molar-refractivity contribution is 6.05. The fourth-order valence-corrected chi connectivity index (χ4v) is 6.57. The number of hydrogen-bond acceptors (Lipinski definition) is 7. The summed E-state index contributed by atoms with van der Waals surface area (Å²) in [5.41, 5.74) is -1.49. The molecule has 3 saturated heterocycles. The maximum Gasteiger partial charge on any atom is 0.312 e. The molecule has 202 valence electrons. The van der Waals surface area contributed by atoms with E-state index in [0.717, 1.165) is 0 Å². The number of methoxy groups -OCH3 is 1. The monoisotopic (exact) mass is 514 g/mol. The number of fused-ring (bicyclic) bond motifs is 1. The lowest BCUT2D eigenvalue weighted by Crippen LogP contribution is -2.60. The first kappa shape index (κ1) is 27.1. The molecule has 6 atom stereocenters. The topological polar surface area (TPSA) is 106 Å². The summed E-state index contributed by atoms with van der Waals surface area (Å²) in [4.78, 5) is 44.9. The number of rotatable bonds is 10. The smallest absolute Gasteiger partial charge is 0.312 e. The van der Waals surface area contributed by atoms with Crippen molar-refractivity contribution in [1.82, 2.24) is 4.90 Å². The minimum absolute atomic E-state index is 0.137. The van der Waals surface area contributed by atoms with E-state index < -0.39 is 41.1 Å². The number of ether oxygens (including phenoxy) is 3. The van der Waals surface area contributed by atoms with Crippen molar-refractivity contribution in [3.8, 4) is 5.75 Å². The second-order valence-corrected chi connectivity index (χ2v) is 10.7. The quantitative estimate of drug-likeness (QED) is 0.378. The summed E-state index contributed by atoms with van der Waals surface area (Å²) in [6.45, 7) is 11.2. The minimum atomic E-state index is -1.20. The van der Waals surface area contributed by atoms with Gasteiger partial charge in [-0.05, 0) is 56.9 Å². The number of nitrogens with zero attached hydrogens (tertiary/aromatic N) is 2. The van der Waals surface area contributed by atoms with E-state index in [2.05, 4.69) is 6.58 Å². The van der Waals surface area contributed by atoms with E-state index >= 15 is 0 Å². The van der Waals surface area contributed by atoms with Crippen molar-refractivity contribution >= 4 is 23.5 Å². The zero-order valence-electron chi connectivity index (χ0n) is 22.3. The van der Waals surface area contributed by atoms with Crippen LogP contribution in [0.25, 0.3) is 0 Å². The van der Waals surface area contributed by atoms with Gasteiger partial charge >= 0.3 is 5.97 Å². The molecule has 3 heterocycles. The Hall–Kier alpha value is -2.91. The fourth-order valence-electron chi connectivity index (χ4n) is 6.57. The van der Waals surface area contributed by atoms with Crippen molar-refractivity contribution in [3.05, 3.63) is 36.9 Å². The standard InChI is InChI=1S/C28H38N2O7/c1-7-15-29(18-9-11-19(35-6)12-10-18)25(33)23-28-14-13-27(5,37-28)22(26(34)36-8-2)21(28)24(32)30(23)20(16-31)17(3)4/h7,9-12,17,20-23,31H,1,8,13-16H2,2-6H3/t20-,21-,22-,23?,27+,28?/m0/s1. The maximum absolute atomic E-state index is 14.5. The van der Waals surface area contributed by atoms with Crippen LogP contribution in [0.4, 0.5) is 5.69 Å². The van der Waals surface area contributed by atoms with Gasteiger partial charge in [-0.3, -0.25) is 14.4 Å². The van der Waals surface area contributed by atoms with Crippen molar-refractivity contribution < 1.29 is 33.7 Å². The van der Waals surface area contributed by atoms with E-state index in [1.165, 1.54) is 4.90 Å². The number of likely N-dealkylation sites (tertiary alicyclic amines) is 1. The van der Waals surface area contributed by atoms with Gasteiger partial charge in [0.2, 0.25) is 5.91 Å². The maximum atomic E-state index is 14.5. The van der Waals surface area contributed by atoms with Crippen molar-refractivity contribution in [2.24, 2.45) is 17.8 Å². The molecule has 9 heteroatoms. The van der Waals surface area contributed by atoms with Gasteiger partial charge in [0.15, 0.2) is 0 Å². The first-order valence-electron chi connectivity index (χ1n) is 13.0. The van der Waals surface area contributed by atoms with E-state index in [1.807, 2.05) is 20.8 Å². The largest absolute Gasteiger partial charge is 0.497 e. The number of benzene rings is 1. The second kappa shape index (κ2) is 10.1. The number of amides is 2. The van der Waals surface area contributed by atoms with Crippen LogP contribution in [0, 0.1) is 17.8 Å². The summed E-state index contributed by atoms with van der Waals surface area (Å²) in [6, 6.07) is 5.43. The Bertz CT molecular complexity index is 1060. The number of anilines is 1. The van der Waals surface area contributed by atoms with Gasteiger partial charge in [-0.15, -0.1) is 6.58 Å². The SMILES string of the molecule is C=CCN(C(=O)C1N([C@@H](CO)C(C)C)C(=O)[C@@H]2[C@@H](C(=O)OCC)[C@@]3(C)CCC12O3)c1ccc(OC)cc1. The molecule has 3 aliphatic heterocycles. The van der Waals surface area contributed by atoms with Crippen LogP contribution in [0.5, 0.6) is 5.75 Å². The molecule has 2 bridgehead atoms. The van der Waals surface area contributed by atoms with Crippen molar-refractivity contribution in [2.45, 2.75) is 63.8 Å². The van der Waals surface area contributed by atoms with Gasteiger partial charge in [0.25, 0.3) is 5.91 Å². The molecule has 0 saturated carbocycles. The van der Waals surface area contributed by atoms with Crippen LogP contribution >= 0.6 is 0 Å². The van der Waals surface area contributed by atoms with Gasteiger partial charge in [-0.25, -0.2) is 0 Å². The van der Waals surface area contributed by atoms with Crippen LogP contribution in [0.1, 0.15) is 40.5 Å². The van der Waals surface area contributed by atoms with Crippen LogP contribution in [0.2, 0.25) is 0 Å². The van der Waals surface area contributed by atoms with Gasteiger partial charge in [0, 0.05) is 12.2 Å². The van der Waals surface area contributed by atoms with E-state index in [-0.39, 0.29) is 37.5 Å². The molecule has 1 spiro atoms. The average Bonchev–Trinajstić information content (AvgIpc) is 3.44. The van der Waals surface area contributed by atoms with Gasteiger partial charge in [0.1, 0.15) is 23.3 Å². The van der Waals surface area contributed by atoms with Crippen molar-refractivity contribution in [1.29, 1.82) is 0 Å². The summed E-state index contributed by atoms with van der Waals surface area (Å²) in [5.74, 6) is -2.35. The van der Waals surface area contributed by atoms with Crippen LogP contribution in [0.15, 0.2) is 36.9 Å². The van der Waals surface area contributed by atoms with E-state index in [9.17, 15) is 19.5 Å². The summed E-state index contributed by atoms with van der Waals surface area (Å²) >= 11 is 0. The molecule has 9 nitrogen and oxygen atoms in total. The Kier molecular flexibility index (Phi) is 7.41. The van der Waals surface area contributed by atoms with Crippen LogP contribution < -0.4 is 9.64 Å². The van der Waals surface area contributed by atoms with Gasteiger partial charge in [-0.1, -0.05) is 19.9 Å². The zero-order chi connectivity index (χ0) is 27.1. The summed E-state index contributed by atoms with van der Waals surface area (Å²) in [5, 5.41) is 10.3. The Morgan fingerprint density at radius 3 is 2.51 bits per heavy atom. The molecular weight excluding hydrogens is 476 g/mol. The highest BCUT2D eigenvalue weighted by Crippen LogP contribution is 2.64. The predicted molar refractivity (Wildman–Crippen MR) is 137 cm³/mol. The number of aliphatic hydroxyl groups is 1. The molecule has 1 aromatic rings. The second-order valence-electron chi connectivity index (χ2n) is 10.7. The summed E-state index contributed by atoms with van der Waals surface area (Å²) in [6.07, 6.45) is 2.59. The Labute approximate surface area is 218 Å². The normalized spacial score (nSPS) is 30.8. The van der Waals surface area contributed by atoms with Crippen LogP contribution in [-0.4, -0.2) is 77.9 Å². The Balaban J connectivity index is 1.84. The van der Waals surface area contributed by atoms with E-state index in [4.69, 9.17) is 14.2 Å². The first-order chi connectivity index (χ1) is 17.6. The predicted octanol–water partition coefficient (Wildman–Crippen LogP) is 2.56. The number of hydrogen-bond donors (Lipinski definition) is 1. The molecular formula is C28H38N2O7. The highest BCUT2D eigenvalue weighted by atomic mass is 16.6. The molecule has 3 fully saturated rings. The molecule has 37 heavy (non-hydrogen) atoms. The molecule has 2 unspecified atom stereocenters. The lowest BCUT2D eigenvalue weighted by atomic mass is 9.66. The fraction of sp³-hybridized carbons (Fsp3) is 0.607. The van der Waals surface area contributed by atoms with E-state index in [0.29, 0.717) is 24.3 Å². The third-order valence-corrected chi connectivity index (χ3v) is 8.26. The summed E-state index contributed by atoms with van der Waals surface area (Å²) < 4.78 is 17.3. The Morgan fingerprint density at radius 1 is 1.30 bits per heavy atom. The number of esters is 1. The van der Waals surface area contributed by atoms with Crippen molar-refractivity contribution in [2.75, 3.05) is 31.8 Å². The third kappa shape index (κ3) is 4.12. The molecule has 4 rings (SSSR count). The van der Waals surface area contributed by atoms with Gasteiger partial charge in [-0.2, -0.15) is 0 Å². The molecule has 1 N–H and O–H groups in total. The molecule has 0 aromatic heterocycles. The molecule has 0 aliphatic carbocycles. The average molecular weight is 515 g/mol. The first-order valence-corrected chi connectivity index (χ1v) is 13.0. The molecule has 2 amide bonds. The Morgan fingerprint density at radius 2 is 1.97 bits per heavy atom.